The van der Waals surface area contributed by atoms with E-state index in [2.05, 4.69) is 44.5 Å². The Morgan fingerprint density at radius 3 is 2.52 bits per heavy atom. The lowest BCUT2D eigenvalue weighted by atomic mass is 9.69. The largest absolute Gasteiger partial charge is 0.465 e. The van der Waals surface area contributed by atoms with Crippen LogP contribution in [0.1, 0.15) is 58.0 Å². The number of thiazole rings is 1. The molecule has 1 aromatic rings. The molecular formula is C18H26N4O2S. The first-order valence-corrected chi connectivity index (χ1v) is 9.49. The molecule has 7 heteroatoms. The number of fused-ring (bicyclic) bond motifs is 1. The van der Waals surface area contributed by atoms with Crippen LogP contribution in [-0.2, 0) is 10.8 Å². The second-order valence-electron chi connectivity index (χ2n) is 7.91. The van der Waals surface area contributed by atoms with Crippen molar-refractivity contribution in [3.05, 3.63) is 22.8 Å². The zero-order valence-corrected chi connectivity index (χ0v) is 16.4. The number of hydrogen-bond donors (Lipinski definition) is 1. The van der Waals surface area contributed by atoms with Gasteiger partial charge in [-0.3, -0.25) is 4.90 Å². The van der Waals surface area contributed by atoms with Crippen molar-refractivity contribution < 1.29 is 9.90 Å². The van der Waals surface area contributed by atoms with E-state index in [9.17, 15) is 4.79 Å². The van der Waals surface area contributed by atoms with Crippen LogP contribution in [0.4, 0.5) is 9.93 Å². The molecular weight excluding hydrogens is 336 g/mol. The van der Waals surface area contributed by atoms with Crippen LogP contribution in [0.5, 0.6) is 0 Å². The van der Waals surface area contributed by atoms with E-state index in [-0.39, 0.29) is 17.5 Å². The molecule has 1 amide bonds. The van der Waals surface area contributed by atoms with Gasteiger partial charge in [0.1, 0.15) is 12.5 Å². The minimum Gasteiger partial charge on any atom is -0.465 e. The fourth-order valence-corrected chi connectivity index (χ4v) is 4.75. The second kappa shape index (κ2) is 6.12. The minimum absolute atomic E-state index is 0.0866. The van der Waals surface area contributed by atoms with Crippen LogP contribution in [-0.4, -0.2) is 40.1 Å². The summed E-state index contributed by atoms with van der Waals surface area (Å²) in [4.78, 5) is 25.1. The Bertz CT molecular complexity index is 715. The number of anilines is 1. The van der Waals surface area contributed by atoms with Gasteiger partial charge in [-0.05, 0) is 25.8 Å². The third kappa shape index (κ3) is 3.17. The van der Waals surface area contributed by atoms with Crippen LogP contribution in [0.25, 0.3) is 0 Å². The smallest absolute Gasteiger partial charge is 0.412 e. The van der Waals surface area contributed by atoms with E-state index in [0.29, 0.717) is 0 Å². The standard InChI is InChI=1S/C18H26N4O2S/c1-6-22(12-7-10-21(11-19-12)16(23)24)15-20-13-14(25-15)18(4,5)9-8-17(13,2)3/h7,10H,6,8-9,11H2,1-5H3,(H,23,24). The van der Waals surface area contributed by atoms with Crippen LogP contribution in [0, 0.1) is 0 Å². The number of amidine groups is 1. The Morgan fingerprint density at radius 1 is 1.32 bits per heavy atom. The van der Waals surface area contributed by atoms with E-state index in [0.717, 1.165) is 35.3 Å². The molecule has 1 aliphatic heterocycles. The zero-order valence-electron chi connectivity index (χ0n) is 15.5. The molecule has 6 nitrogen and oxygen atoms in total. The van der Waals surface area contributed by atoms with Gasteiger partial charge in [0.15, 0.2) is 5.13 Å². The predicted molar refractivity (Wildman–Crippen MR) is 102 cm³/mol. The summed E-state index contributed by atoms with van der Waals surface area (Å²) in [6.07, 6.45) is 4.62. The highest BCUT2D eigenvalue weighted by Crippen LogP contribution is 2.49. The van der Waals surface area contributed by atoms with Crippen molar-refractivity contribution in [1.29, 1.82) is 0 Å². The Kier molecular flexibility index (Phi) is 4.39. The Balaban J connectivity index is 1.95. The number of likely N-dealkylation sites (N-methyl/N-ethyl adjacent to an activating group) is 1. The monoisotopic (exact) mass is 362 g/mol. The maximum absolute atomic E-state index is 11.0. The molecule has 25 heavy (non-hydrogen) atoms. The Morgan fingerprint density at radius 2 is 2.00 bits per heavy atom. The van der Waals surface area contributed by atoms with Crippen molar-refractivity contribution in [3.63, 3.8) is 0 Å². The molecule has 0 saturated carbocycles. The molecule has 1 aromatic heterocycles. The van der Waals surface area contributed by atoms with Crippen LogP contribution in [0.15, 0.2) is 17.3 Å². The highest BCUT2D eigenvalue weighted by molar-refractivity contribution is 7.16. The number of amides is 1. The van der Waals surface area contributed by atoms with Gasteiger partial charge in [-0.2, -0.15) is 0 Å². The molecule has 0 aromatic carbocycles. The molecule has 0 spiro atoms. The SMILES string of the molecule is CCN(C1=NCN(C(=O)O)C=C1)c1nc2c(s1)C(C)(C)CCC2(C)C. The topological polar surface area (TPSA) is 69.0 Å². The molecule has 0 saturated heterocycles. The van der Waals surface area contributed by atoms with E-state index in [1.54, 1.807) is 23.6 Å². The molecule has 0 atom stereocenters. The van der Waals surface area contributed by atoms with E-state index >= 15 is 0 Å². The molecule has 1 aliphatic carbocycles. The number of nitrogens with zero attached hydrogens (tertiary/aromatic N) is 4. The fraction of sp³-hybridized carbons (Fsp3) is 0.611. The first-order valence-electron chi connectivity index (χ1n) is 8.67. The fourth-order valence-electron chi connectivity index (χ4n) is 3.30. The number of aliphatic imine (C=N–C) groups is 1. The van der Waals surface area contributed by atoms with Gasteiger partial charge in [-0.25, -0.2) is 14.8 Å². The lowest BCUT2D eigenvalue weighted by Crippen LogP contribution is -2.35. The van der Waals surface area contributed by atoms with Gasteiger partial charge in [0.25, 0.3) is 0 Å². The zero-order chi connectivity index (χ0) is 18.4. The quantitative estimate of drug-likeness (QED) is 0.857. The second-order valence-corrected chi connectivity index (χ2v) is 8.89. The maximum atomic E-state index is 11.0. The van der Waals surface area contributed by atoms with Gasteiger partial charge in [-0.1, -0.05) is 27.7 Å². The van der Waals surface area contributed by atoms with Gasteiger partial charge in [0.2, 0.25) is 0 Å². The maximum Gasteiger partial charge on any atom is 0.412 e. The molecule has 136 valence electrons. The van der Waals surface area contributed by atoms with E-state index in [1.165, 1.54) is 10.6 Å². The number of carbonyl (C=O) groups is 1. The van der Waals surface area contributed by atoms with Gasteiger partial charge in [0, 0.05) is 28.5 Å². The minimum atomic E-state index is -0.990. The Hall–Kier alpha value is -1.89. The van der Waals surface area contributed by atoms with Gasteiger partial charge in [0.05, 0.1) is 5.69 Å². The van der Waals surface area contributed by atoms with E-state index in [4.69, 9.17) is 10.1 Å². The number of hydrogen-bond acceptors (Lipinski definition) is 5. The number of carboxylic acid groups (broad SMARTS) is 1. The summed E-state index contributed by atoms with van der Waals surface area (Å²) in [6.45, 7) is 12.1. The number of aromatic nitrogens is 1. The molecule has 0 unspecified atom stereocenters. The summed E-state index contributed by atoms with van der Waals surface area (Å²) in [7, 11) is 0. The summed E-state index contributed by atoms with van der Waals surface area (Å²) < 4.78 is 0. The average molecular weight is 362 g/mol. The van der Waals surface area contributed by atoms with Gasteiger partial charge in [-0.15, -0.1) is 11.3 Å². The molecule has 0 radical (unpaired) electrons. The first-order chi connectivity index (χ1) is 11.7. The van der Waals surface area contributed by atoms with Crippen molar-refractivity contribution in [2.45, 2.75) is 58.3 Å². The third-order valence-electron chi connectivity index (χ3n) is 5.10. The van der Waals surface area contributed by atoms with Crippen molar-refractivity contribution in [2.24, 2.45) is 4.99 Å². The van der Waals surface area contributed by atoms with Crippen molar-refractivity contribution in [3.8, 4) is 0 Å². The highest BCUT2D eigenvalue weighted by atomic mass is 32.1. The van der Waals surface area contributed by atoms with Crippen molar-refractivity contribution in [2.75, 3.05) is 18.1 Å². The number of rotatable bonds is 2. The first kappa shape index (κ1) is 17.9. The lowest BCUT2D eigenvalue weighted by Gasteiger charge is -2.37. The van der Waals surface area contributed by atoms with Gasteiger partial charge < -0.3 is 10.0 Å². The third-order valence-corrected chi connectivity index (χ3v) is 6.55. The molecule has 0 bridgehead atoms. The molecule has 3 rings (SSSR count). The van der Waals surface area contributed by atoms with Crippen LogP contribution in [0.2, 0.25) is 0 Å². The lowest BCUT2D eigenvalue weighted by molar-refractivity contribution is 0.163. The van der Waals surface area contributed by atoms with Crippen LogP contribution >= 0.6 is 11.3 Å². The Labute approximate surface area is 152 Å². The summed E-state index contributed by atoms with van der Waals surface area (Å²) in [5.74, 6) is 0.765. The summed E-state index contributed by atoms with van der Waals surface area (Å²) in [5, 5.41) is 9.99. The highest BCUT2D eigenvalue weighted by Gasteiger charge is 2.41. The van der Waals surface area contributed by atoms with E-state index < -0.39 is 6.09 Å². The van der Waals surface area contributed by atoms with E-state index in [1.807, 2.05) is 0 Å². The van der Waals surface area contributed by atoms with Gasteiger partial charge >= 0.3 is 6.09 Å². The molecule has 2 aliphatic rings. The van der Waals surface area contributed by atoms with Crippen LogP contribution in [0.3, 0.4) is 0 Å². The molecule has 1 N–H and O–H groups in total. The molecule has 2 heterocycles. The predicted octanol–water partition coefficient (Wildman–Crippen LogP) is 4.18. The molecule has 0 fully saturated rings. The normalized spacial score (nSPS) is 20.8. The summed E-state index contributed by atoms with van der Waals surface area (Å²) >= 11 is 1.75. The summed E-state index contributed by atoms with van der Waals surface area (Å²) in [5.41, 5.74) is 1.43. The van der Waals surface area contributed by atoms with Crippen molar-refractivity contribution >= 4 is 28.4 Å². The summed E-state index contributed by atoms with van der Waals surface area (Å²) in [6, 6.07) is 0. The average Bonchev–Trinajstić information content (AvgIpc) is 3.01. The van der Waals surface area contributed by atoms with Crippen LogP contribution < -0.4 is 4.90 Å². The van der Waals surface area contributed by atoms with Crippen molar-refractivity contribution in [1.82, 2.24) is 9.88 Å².